The number of carbonyl (C=O) groups is 3. The molecule has 6 nitrogen and oxygen atoms in total. The van der Waals surface area contributed by atoms with E-state index in [-0.39, 0.29) is 43.5 Å². The van der Waals surface area contributed by atoms with Gasteiger partial charge in [0.2, 0.25) is 0 Å². The molecule has 0 saturated carbocycles. The summed E-state index contributed by atoms with van der Waals surface area (Å²) in [6.07, 6.45) is 6.66. The number of rotatable bonds is 15. The zero-order valence-corrected chi connectivity index (χ0v) is 23.0. The molecule has 0 spiro atoms. The summed E-state index contributed by atoms with van der Waals surface area (Å²) < 4.78 is 0. The van der Waals surface area contributed by atoms with Crippen LogP contribution < -0.4 is 15.3 Å². The molecule has 0 aromatic rings. The summed E-state index contributed by atoms with van der Waals surface area (Å²) in [4.78, 5) is 29.5. The van der Waals surface area contributed by atoms with Crippen LogP contribution in [0.3, 0.4) is 0 Å². The van der Waals surface area contributed by atoms with Gasteiger partial charge in [0.1, 0.15) is 0 Å². The molecule has 28 heavy (non-hydrogen) atoms. The Balaban J connectivity index is -0.000000152. The molecule has 0 aliphatic heterocycles. The molecule has 0 aliphatic rings. The Morgan fingerprint density at radius 3 is 0.929 bits per heavy atom. The molecule has 0 fully saturated rings. The Labute approximate surface area is 201 Å². The van der Waals surface area contributed by atoms with Gasteiger partial charge in [-0.25, -0.2) is 0 Å². The van der Waals surface area contributed by atoms with Crippen LogP contribution in [0.5, 0.6) is 0 Å². The minimum absolute atomic E-state index is 0. The van der Waals surface area contributed by atoms with Crippen molar-refractivity contribution in [2.75, 3.05) is 34.5 Å². The zero-order valence-electron chi connectivity index (χ0n) is 17.1. The van der Waals surface area contributed by atoms with E-state index in [9.17, 15) is 29.7 Å². The van der Waals surface area contributed by atoms with Gasteiger partial charge < -0.3 is 29.7 Å². The smallest absolute Gasteiger partial charge is 0.549 e. The minimum atomic E-state index is -0.962. The van der Waals surface area contributed by atoms with Crippen molar-refractivity contribution in [1.29, 1.82) is 0 Å². The van der Waals surface area contributed by atoms with Crippen molar-refractivity contribution in [1.82, 2.24) is 0 Å². The van der Waals surface area contributed by atoms with Gasteiger partial charge >= 0.3 is 26.2 Å². The molecule has 2 radical (unpaired) electrons. The molecule has 0 heterocycles. The molecular weight excluding hydrogens is 617 g/mol. The third kappa shape index (κ3) is 50.3. The number of carbonyl (C=O) groups excluding carboxylic acids is 3. The number of thioether (sulfide) groups is 3. The van der Waals surface area contributed by atoms with E-state index in [1.165, 1.54) is 35.3 Å². The fourth-order valence-corrected chi connectivity index (χ4v) is 3.62. The van der Waals surface area contributed by atoms with Crippen LogP contribution in [0.25, 0.3) is 0 Å². The Morgan fingerprint density at radius 1 is 0.571 bits per heavy atom. The average molecular weight is 651 g/mol. The van der Waals surface area contributed by atoms with Gasteiger partial charge in [-0.3, -0.25) is 0 Å². The van der Waals surface area contributed by atoms with Crippen molar-refractivity contribution >= 4 is 79.4 Å². The number of carboxylic acids is 3. The Morgan fingerprint density at radius 2 is 0.786 bits per heavy atom. The average Bonchev–Trinajstić information content (AvgIpc) is 2.60. The summed E-state index contributed by atoms with van der Waals surface area (Å²) in [5, 5.41) is 29.5. The van der Waals surface area contributed by atoms with E-state index in [0.29, 0.717) is 0 Å². The molecule has 0 unspecified atom stereocenters. The molecule has 0 aromatic heterocycles. The largest absolute Gasteiger partial charge is 3.00 e. The minimum Gasteiger partial charge on any atom is -0.549 e. The predicted molar refractivity (Wildman–Crippen MR) is 117 cm³/mol. The first-order valence-corrected chi connectivity index (χ1v) is 12.6. The molecule has 0 bridgehead atoms. The van der Waals surface area contributed by atoms with Crippen molar-refractivity contribution in [3.05, 3.63) is 0 Å². The summed E-state index contributed by atoms with van der Waals surface area (Å²) in [6, 6.07) is 0. The van der Waals surface area contributed by atoms with E-state index in [4.69, 9.17) is 0 Å². The second-order valence-corrected chi connectivity index (χ2v) is 8.65. The fraction of sp³-hybridized carbons (Fsp3) is 0.833. The van der Waals surface area contributed by atoms with Gasteiger partial charge in [-0.15, -0.1) is 0 Å². The second-order valence-electron chi connectivity index (χ2n) is 5.33. The maximum absolute atomic E-state index is 9.83. The normalized spacial score (nSPS) is 9.11. The van der Waals surface area contributed by atoms with Crippen molar-refractivity contribution in [3.8, 4) is 0 Å². The SMILES string of the molecule is CCCCSCC(=O)[O-].CCCCSCC(=O)[O-].CCCCSCC(=O)[O-].[Bi+3]. The van der Waals surface area contributed by atoms with Crippen molar-refractivity contribution in [2.45, 2.75) is 59.3 Å². The summed E-state index contributed by atoms with van der Waals surface area (Å²) in [6.45, 7) is 6.25. The molecule has 164 valence electrons. The van der Waals surface area contributed by atoms with Gasteiger partial charge in [0, 0.05) is 17.3 Å². The molecule has 0 aliphatic carbocycles. The van der Waals surface area contributed by atoms with E-state index in [0.717, 1.165) is 55.8 Å². The molecule has 0 atom stereocenters. The van der Waals surface area contributed by atoms with Gasteiger partial charge in [-0.05, 0) is 36.5 Å². The Kier molecular flexibility index (Phi) is 40.9. The number of hydrogen-bond donors (Lipinski definition) is 0. The Hall–Kier alpha value is 0.343. The van der Waals surface area contributed by atoms with E-state index < -0.39 is 17.9 Å². The van der Waals surface area contributed by atoms with E-state index >= 15 is 0 Å². The molecule has 0 N–H and O–H groups in total. The summed E-state index contributed by atoms with van der Waals surface area (Å²) in [5.41, 5.74) is 0. The van der Waals surface area contributed by atoms with Crippen molar-refractivity contribution < 1.29 is 29.7 Å². The zero-order chi connectivity index (χ0) is 21.3. The summed E-state index contributed by atoms with van der Waals surface area (Å²) >= 11 is 4.27. The third-order valence-corrected chi connectivity index (χ3v) is 5.64. The quantitative estimate of drug-likeness (QED) is 0.184. The first kappa shape index (κ1) is 35.8. The van der Waals surface area contributed by atoms with Gasteiger partial charge in [0.15, 0.2) is 0 Å². The van der Waals surface area contributed by atoms with Crippen LogP contribution in [0.4, 0.5) is 0 Å². The van der Waals surface area contributed by atoms with Crippen molar-refractivity contribution in [3.63, 3.8) is 0 Å². The van der Waals surface area contributed by atoms with Crippen LogP contribution in [0.15, 0.2) is 0 Å². The molecule has 0 saturated heterocycles. The maximum atomic E-state index is 9.83. The standard InChI is InChI=1S/3C6H12O2S.Bi/c3*1-2-3-4-9-5-6(7)8;/h3*2-5H2,1H3,(H,7,8);/q;;;+3/p-3. The first-order chi connectivity index (χ1) is 12.8. The predicted octanol–water partition coefficient (Wildman–Crippen LogP) is 0.428. The van der Waals surface area contributed by atoms with E-state index in [2.05, 4.69) is 20.8 Å². The van der Waals surface area contributed by atoms with Gasteiger partial charge in [-0.2, -0.15) is 35.3 Å². The summed E-state index contributed by atoms with van der Waals surface area (Å²) in [7, 11) is 0. The first-order valence-electron chi connectivity index (χ1n) is 9.14. The van der Waals surface area contributed by atoms with Crippen LogP contribution >= 0.6 is 35.3 Å². The van der Waals surface area contributed by atoms with Crippen LogP contribution in [-0.4, -0.2) is 78.6 Å². The van der Waals surface area contributed by atoms with Crippen LogP contribution in [0.1, 0.15) is 59.3 Å². The molecule has 0 rings (SSSR count). The molecule has 0 aromatic carbocycles. The van der Waals surface area contributed by atoms with Crippen LogP contribution in [-0.2, 0) is 14.4 Å². The van der Waals surface area contributed by atoms with Gasteiger partial charge in [-0.1, -0.05) is 40.0 Å². The van der Waals surface area contributed by atoms with Crippen LogP contribution in [0, 0.1) is 0 Å². The van der Waals surface area contributed by atoms with E-state index in [1.807, 2.05) is 0 Å². The van der Waals surface area contributed by atoms with Gasteiger partial charge in [0.25, 0.3) is 0 Å². The molecule has 0 amide bonds. The second kappa shape index (κ2) is 32.0. The molecular formula is C18H33BiO6S3. The van der Waals surface area contributed by atoms with E-state index in [1.54, 1.807) is 0 Å². The number of carboxylic acid groups (broad SMARTS) is 3. The molecule has 10 heteroatoms. The Bertz CT molecular complexity index is 308. The number of hydrogen-bond acceptors (Lipinski definition) is 9. The van der Waals surface area contributed by atoms with Crippen LogP contribution in [0.2, 0.25) is 0 Å². The van der Waals surface area contributed by atoms with Crippen molar-refractivity contribution in [2.24, 2.45) is 0 Å². The number of unbranched alkanes of at least 4 members (excludes halogenated alkanes) is 3. The summed E-state index contributed by atoms with van der Waals surface area (Å²) in [5.74, 6) is 0.336. The maximum Gasteiger partial charge on any atom is 3.00 e. The third-order valence-electron chi connectivity index (χ3n) is 2.59. The van der Waals surface area contributed by atoms with Gasteiger partial charge in [0.05, 0.1) is 17.9 Å². The fourth-order valence-electron chi connectivity index (χ4n) is 1.21. The number of aliphatic carboxylic acids is 3. The topological polar surface area (TPSA) is 120 Å². The monoisotopic (exact) mass is 650 g/mol.